The van der Waals surface area contributed by atoms with Crippen molar-refractivity contribution in [2.75, 3.05) is 0 Å². The number of halogens is 3. The maximum absolute atomic E-state index is 13.1. The minimum absolute atomic E-state index is 0.116. The Bertz CT molecular complexity index is 393. The van der Waals surface area contributed by atoms with Crippen LogP contribution in [0.2, 0.25) is 0 Å². The fraction of sp³-hybridized carbons (Fsp3) is 0.417. The number of rotatable bonds is 5. The number of hydrogen-bond acceptors (Lipinski definition) is 1. The first-order valence-electron chi connectivity index (χ1n) is 5.15. The van der Waals surface area contributed by atoms with E-state index in [9.17, 15) is 18.0 Å². The van der Waals surface area contributed by atoms with Crippen molar-refractivity contribution in [1.29, 1.82) is 0 Å². The summed E-state index contributed by atoms with van der Waals surface area (Å²) in [5, 5.41) is 8.72. The SMILES string of the molecule is CC(Cc1cccc(C(F)C(F)F)c1)C(=O)O. The van der Waals surface area contributed by atoms with Crippen LogP contribution >= 0.6 is 0 Å². The number of aliphatic carboxylic acids is 1. The fourth-order valence-corrected chi connectivity index (χ4v) is 1.48. The summed E-state index contributed by atoms with van der Waals surface area (Å²) in [7, 11) is 0. The fourth-order valence-electron chi connectivity index (χ4n) is 1.48. The Kier molecular flexibility index (Phi) is 4.54. The van der Waals surface area contributed by atoms with Crippen LogP contribution in [-0.4, -0.2) is 17.5 Å². The van der Waals surface area contributed by atoms with Crippen LogP contribution in [0.5, 0.6) is 0 Å². The molecule has 5 heteroatoms. The third kappa shape index (κ3) is 3.76. The van der Waals surface area contributed by atoms with Gasteiger partial charge in [0.25, 0.3) is 6.43 Å². The van der Waals surface area contributed by atoms with E-state index in [0.29, 0.717) is 5.56 Å². The van der Waals surface area contributed by atoms with E-state index in [1.54, 1.807) is 6.07 Å². The molecule has 1 N–H and O–H groups in total. The largest absolute Gasteiger partial charge is 0.481 e. The van der Waals surface area contributed by atoms with Gasteiger partial charge in [0.15, 0.2) is 6.17 Å². The van der Waals surface area contributed by atoms with Crippen LogP contribution in [0.15, 0.2) is 24.3 Å². The number of carboxylic acids is 1. The summed E-state index contributed by atoms with van der Waals surface area (Å²) in [5.74, 6) is -1.60. The number of benzene rings is 1. The van der Waals surface area contributed by atoms with E-state index < -0.39 is 24.5 Å². The third-order valence-corrected chi connectivity index (χ3v) is 2.45. The first kappa shape index (κ1) is 13.5. The van der Waals surface area contributed by atoms with Gasteiger partial charge in [-0.05, 0) is 17.5 Å². The molecule has 0 amide bonds. The van der Waals surface area contributed by atoms with E-state index >= 15 is 0 Å². The predicted octanol–water partition coefficient (Wildman–Crippen LogP) is 3.23. The minimum Gasteiger partial charge on any atom is -0.481 e. The molecule has 0 bridgehead atoms. The zero-order valence-corrected chi connectivity index (χ0v) is 9.24. The number of carboxylic acid groups (broad SMARTS) is 1. The number of hydrogen-bond donors (Lipinski definition) is 1. The molecule has 1 rings (SSSR count). The minimum atomic E-state index is -3.07. The van der Waals surface area contributed by atoms with Gasteiger partial charge in [0.1, 0.15) is 0 Å². The van der Waals surface area contributed by atoms with Crippen molar-refractivity contribution in [2.24, 2.45) is 5.92 Å². The summed E-state index contributed by atoms with van der Waals surface area (Å²) >= 11 is 0. The third-order valence-electron chi connectivity index (χ3n) is 2.45. The Hall–Kier alpha value is -1.52. The van der Waals surface area contributed by atoms with Gasteiger partial charge in [0.2, 0.25) is 0 Å². The molecule has 2 unspecified atom stereocenters. The highest BCUT2D eigenvalue weighted by Gasteiger charge is 2.22. The van der Waals surface area contributed by atoms with Crippen molar-refractivity contribution in [1.82, 2.24) is 0 Å². The molecule has 0 fully saturated rings. The van der Waals surface area contributed by atoms with E-state index in [2.05, 4.69) is 0 Å². The summed E-state index contributed by atoms with van der Waals surface area (Å²) in [4.78, 5) is 10.6. The molecule has 94 valence electrons. The molecule has 0 aromatic heterocycles. The number of carbonyl (C=O) groups is 1. The Morgan fingerprint density at radius 2 is 2.00 bits per heavy atom. The van der Waals surface area contributed by atoms with Crippen LogP contribution in [0.4, 0.5) is 13.2 Å². The quantitative estimate of drug-likeness (QED) is 0.866. The van der Waals surface area contributed by atoms with Gasteiger partial charge in [0.05, 0.1) is 5.92 Å². The molecule has 1 aromatic rings. The Morgan fingerprint density at radius 3 is 2.53 bits per heavy atom. The Balaban J connectivity index is 2.82. The van der Waals surface area contributed by atoms with Crippen molar-refractivity contribution < 1.29 is 23.1 Å². The molecule has 0 saturated carbocycles. The molecule has 0 saturated heterocycles. The average Bonchev–Trinajstić information content (AvgIpc) is 2.28. The van der Waals surface area contributed by atoms with Crippen LogP contribution in [0, 0.1) is 5.92 Å². The van der Waals surface area contributed by atoms with E-state index in [1.807, 2.05) is 0 Å². The first-order valence-corrected chi connectivity index (χ1v) is 5.15. The van der Waals surface area contributed by atoms with Crippen molar-refractivity contribution in [3.8, 4) is 0 Å². The predicted molar refractivity (Wildman–Crippen MR) is 56.8 cm³/mol. The molecule has 0 aliphatic rings. The van der Waals surface area contributed by atoms with Crippen LogP contribution in [-0.2, 0) is 11.2 Å². The average molecular weight is 246 g/mol. The monoisotopic (exact) mass is 246 g/mol. The van der Waals surface area contributed by atoms with Gasteiger partial charge in [-0.2, -0.15) is 0 Å². The molecular weight excluding hydrogens is 233 g/mol. The van der Waals surface area contributed by atoms with Crippen molar-refractivity contribution in [2.45, 2.75) is 25.9 Å². The molecule has 0 heterocycles. The number of alkyl halides is 3. The van der Waals surface area contributed by atoms with Gasteiger partial charge < -0.3 is 5.11 Å². The van der Waals surface area contributed by atoms with Crippen molar-refractivity contribution >= 4 is 5.97 Å². The van der Waals surface area contributed by atoms with Gasteiger partial charge in [-0.15, -0.1) is 0 Å². The molecule has 0 aliphatic heterocycles. The van der Waals surface area contributed by atoms with Crippen LogP contribution in [0.25, 0.3) is 0 Å². The lowest BCUT2D eigenvalue weighted by atomic mass is 9.98. The van der Waals surface area contributed by atoms with Gasteiger partial charge in [-0.1, -0.05) is 31.2 Å². The van der Waals surface area contributed by atoms with Crippen LogP contribution in [0.1, 0.15) is 24.2 Å². The van der Waals surface area contributed by atoms with Gasteiger partial charge in [0, 0.05) is 0 Å². The molecular formula is C12H13F3O2. The standard InChI is InChI=1S/C12H13F3O2/c1-7(12(16)17)5-8-3-2-4-9(6-8)10(13)11(14)15/h2-4,6-7,10-11H,5H2,1H3,(H,16,17). The van der Waals surface area contributed by atoms with Gasteiger partial charge in [-0.3, -0.25) is 4.79 Å². The van der Waals surface area contributed by atoms with Gasteiger partial charge in [-0.25, -0.2) is 13.2 Å². The summed E-state index contributed by atoms with van der Waals surface area (Å²) in [6, 6.07) is 5.61. The van der Waals surface area contributed by atoms with Crippen LogP contribution in [0.3, 0.4) is 0 Å². The normalized spacial score (nSPS) is 14.6. The molecule has 0 radical (unpaired) electrons. The first-order chi connectivity index (χ1) is 7.91. The lowest BCUT2D eigenvalue weighted by molar-refractivity contribution is -0.141. The maximum atomic E-state index is 13.1. The topological polar surface area (TPSA) is 37.3 Å². The maximum Gasteiger partial charge on any atom is 0.306 e. The lowest BCUT2D eigenvalue weighted by Crippen LogP contribution is -2.12. The summed E-state index contributed by atoms with van der Waals surface area (Å²) in [6.07, 6.45) is -5.20. The molecule has 0 aliphatic carbocycles. The van der Waals surface area contributed by atoms with Crippen LogP contribution < -0.4 is 0 Å². The second-order valence-corrected chi connectivity index (χ2v) is 3.92. The van der Waals surface area contributed by atoms with Crippen molar-refractivity contribution in [3.63, 3.8) is 0 Å². The molecule has 1 aromatic carbocycles. The van der Waals surface area contributed by atoms with E-state index in [1.165, 1.54) is 25.1 Å². The van der Waals surface area contributed by atoms with Gasteiger partial charge >= 0.3 is 5.97 Å². The zero-order chi connectivity index (χ0) is 13.0. The molecule has 17 heavy (non-hydrogen) atoms. The molecule has 2 atom stereocenters. The lowest BCUT2D eigenvalue weighted by Gasteiger charge is -2.10. The summed E-state index contributed by atoms with van der Waals surface area (Å²) in [5.41, 5.74) is 0.427. The second-order valence-electron chi connectivity index (χ2n) is 3.92. The zero-order valence-electron chi connectivity index (χ0n) is 9.24. The van der Waals surface area contributed by atoms with E-state index in [0.717, 1.165) is 0 Å². The van der Waals surface area contributed by atoms with Crippen molar-refractivity contribution in [3.05, 3.63) is 35.4 Å². The highest BCUT2D eigenvalue weighted by molar-refractivity contribution is 5.69. The highest BCUT2D eigenvalue weighted by atomic mass is 19.3. The van der Waals surface area contributed by atoms with E-state index in [4.69, 9.17) is 5.11 Å². The Morgan fingerprint density at radius 1 is 1.35 bits per heavy atom. The Labute approximate surface area is 97.1 Å². The highest BCUT2D eigenvalue weighted by Crippen LogP contribution is 2.25. The summed E-state index contributed by atoms with van der Waals surface area (Å²) < 4.78 is 37.4. The molecule has 2 nitrogen and oxygen atoms in total. The van der Waals surface area contributed by atoms with E-state index in [-0.39, 0.29) is 12.0 Å². The summed E-state index contributed by atoms with van der Waals surface area (Å²) in [6.45, 7) is 1.51. The molecule has 0 spiro atoms. The smallest absolute Gasteiger partial charge is 0.306 e. The second kappa shape index (κ2) is 5.70.